The topological polar surface area (TPSA) is 86.7 Å². The molecule has 112 valence electrons. The van der Waals surface area contributed by atoms with Gasteiger partial charge in [-0.2, -0.15) is 0 Å². The van der Waals surface area contributed by atoms with Gasteiger partial charge in [-0.05, 0) is 38.3 Å². The van der Waals surface area contributed by atoms with Crippen LogP contribution < -0.4 is 5.32 Å². The van der Waals surface area contributed by atoms with Gasteiger partial charge >= 0.3 is 12.0 Å². The summed E-state index contributed by atoms with van der Waals surface area (Å²) in [7, 11) is 0. The predicted octanol–water partition coefficient (Wildman–Crippen LogP) is 2.36. The first-order chi connectivity index (χ1) is 9.99. The van der Waals surface area contributed by atoms with Gasteiger partial charge in [-0.15, -0.1) is 0 Å². The lowest BCUT2D eigenvalue weighted by Crippen LogP contribution is -2.49. The van der Waals surface area contributed by atoms with Gasteiger partial charge in [-0.1, -0.05) is 12.1 Å². The molecular formula is C15H18N2O4. The van der Waals surface area contributed by atoms with E-state index in [-0.39, 0.29) is 5.78 Å². The summed E-state index contributed by atoms with van der Waals surface area (Å²) in [5.74, 6) is -1.07. The fourth-order valence-corrected chi connectivity index (χ4v) is 2.44. The normalized spacial score (nSPS) is 18.1. The molecule has 6 heteroatoms. The van der Waals surface area contributed by atoms with Crippen molar-refractivity contribution in [1.82, 2.24) is 4.90 Å². The van der Waals surface area contributed by atoms with E-state index in [2.05, 4.69) is 5.32 Å². The number of aliphatic carboxylic acids is 1. The van der Waals surface area contributed by atoms with Gasteiger partial charge in [-0.3, -0.25) is 4.79 Å². The number of ketones is 1. The number of rotatable bonds is 3. The Hall–Kier alpha value is -2.37. The van der Waals surface area contributed by atoms with Crippen LogP contribution in [0.1, 0.15) is 36.5 Å². The van der Waals surface area contributed by atoms with Crippen molar-refractivity contribution in [2.75, 3.05) is 11.9 Å². The van der Waals surface area contributed by atoms with Crippen LogP contribution in [0.2, 0.25) is 0 Å². The van der Waals surface area contributed by atoms with Crippen LogP contribution in [0.5, 0.6) is 0 Å². The van der Waals surface area contributed by atoms with Crippen molar-refractivity contribution in [3.63, 3.8) is 0 Å². The number of anilines is 1. The maximum Gasteiger partial charge on any atom is 0.326 e. The molecule has 21 heavy (non-hydrogen) atoms. The molecule has 1 aliphatic heterocycles. The van der Waals surface area contributed by atoms with Crippen molar-refractivity contribution in [2.45, 2.75) is 32.2 Å². The number of benzene rings is 1. The van der Waals surface area contributed by atoms with Crippen molar-refractivity contribution < 1.29 is 19.5 Å². The molecule has 1 saturated heterocycles. The predicted molar refractivity (Wildman–Crippen MR) is 77.4 cm³/mol. The van der Waals surface area contributed by atoms with Crippen molar-refractivity contribution in [1.29, 1.82) is 0 Å². The molecule has 0 bridgehead atoms. The summed E-state index contributed by atoms with van der Waals surface area (Å²) in [6.45, 7) is 1.88. The van der Waals surface area contributed by atoms with Crippen LogP contribution in [0.25, 0.3) is 0 Å². The summed E-state index contributed by atoms with van der Waals surface area (Å²) in [6, 6.07) is 5.37. The highest BCUT2D eigenvalue weighted by molar-refractivity contribution is 5.97. The molecule has 2 rings (SSSR count). The van der Waals surface area contributed by atoms with Crippen LogP contribution in [0.4, 0.5) is 10.5 Å². The van der Waals surface area contributed by atoms with Crippen LogP contribution >= 0.6 is 0 Å². The van der Waals surface area contributed by atoms with Gasteiger partial charge in [0.05, 0.1) is 0 Å². The van der Waals surface area contributed by atoms with E-state index >= 15 is 0 Å². The van der Waals surface area contributed by atoms with E-state index in [1.807, 2.05) is 0 Å². The molecule has 0 radical (unpaired) electrons. The summed E-state index contributed by atoms with van der Waals surface area (Å²) < 4.78 is 0. The maximum atomic E-state index is 12.2. The summed E-state index contributed by atoms with van der Waals surface area (Å²) >= 11 is 0. The summed E-state index contributed by atoms with van der Waals surface area (Å²) in [5, 5.41) is 11.8. The van der Waals surface area contributed by atoms with Gasteiger partial charge < -0.3 is 15.3 Å². The first-order valence-electron chi connectivity index (χ1n) is 6.90. The molecule has 0 aromatic heterocycles. The second-order valence-electron chi connectivity index (χ2n) is 5.11. The third-order valence-electron chi connectivity index (χ3n) is 3.57. The molecule has 1 fully saturated rings. The van der Waals surface area contributed by atoms with E-state index < -0.39 is 18.0 Å². The number of carboxylic acids is 1. The Morgan fingerprint density at radius 1 is 1.29 bits per heavy atom. The Morgan fingerprint density at radius 3 is 2.71 bits per heavy atom. The molecule has 0 unspecified atom stereocenters. The Kier molecular flexibility index (Phi) is 4.57. The Morgan fingerprint density at radius 2 is 2.05 bits per heavy atom. The van der Waals surface area contributed by atoms with Crippen molar-refractivity contribution in [2.24, 2.45) is 0 Å². The highest BCUT2D eigenvalue weighted by atomic mass is 16.4. The lowest BCUT2D eigenvalue weighted by atomic mass is 10.0. The quantitative estimate of drug-likeness (QED) is 0.837. The minimum Gasteiger partial charge on any atom is -0.480 e. The van der Waals surface area contributed by atoms with E-state index in [9.17, 15) is 19.5 Å². The molecule has 2 amide bonds. The molecule has 1 aromatic carbocycles. The van der Waals surface area contributed by atoms with Gasteiger partial charge in [0.25, 0.3) is 0 Å². The van der Waals surface area contributed by atoms with Crippen molar-refractivity contribution in [3.05, 3.63) is 29.8 Å². The fraction of sp³-hybridized carbons (Fsp3) is 0.400. The standard InChI is InChI=1S/C15H18N2O4/c1-10(18)11-5-4-6-12(9-11)16-15(21)17-8-3-2-7-13(17)14(19)20/h4-6,9,13H,2-3,7-8H2,1H3,(H,16,21)(H,19,20)/t13-/m0/s1. The number of piperidine rings is 1. The zero-order chi connectivity index (χ0) is 15.4. The van der Waals surface area contributed by atoms with E-state index in [0.717, 1.165) is 12.8 Å². The van der Waals surface area contributed by atoms with E-state index in [0.29, 0.717) is 24.2 Å². The van der Waals surface area contributed by atoms with Crippen LogP contribution in [0, 0.1) is 0 Å². The third kappa shape index (κ3) is 3.59. The number of urea groups is 1. The maximum absolute atomic E-state index is 12.2. The van der Waals surface area contributed by atoms with Gasteiger partial charge in [0.2, 0.25) is 0 Å². The average Bonchev–Trinajstić information content (AvgIpc) is 2.47. The average molecular weight is 290 g/mol. The number of nitrogens with one attached hydrogen (secondary N) is 1. The third-order valence-corrected chi connectivity index (χ3v) is 3.57. The summed E-state index contributed by atoms with van der Waals surface area (Å²) in [6.07, 6.45) is 2.07. The monoisotopic (exact) mass is 290 g/mol. The van der Waals surface area contributed by atoms with Crippen molar-refractivity contribution in [3.8, 4) is 0 Å². The molecule has 6 nitrogen and oxygen atoms in total. The van der Waals surface area contributed by atoms with Crippen LogP contribution in [0.3, 0.4) is 0 Å². The Balaban J connectivity index is 2.11. The molecule has 1 heterocycles. The molecule has 2 N–H and O–H groups in total. The first-order valence-corrected chi connectivity index (χ1v) is 6.90. The van der Waals surface area contributed by atoms with Gasteiger partial charge in [-0.25, -0.2) is 9.59 Å². The van der Waals surface area contributed by atoms with Crippen LogP contribution in [0.15, 0.2) is 24.3 Å². The van der Waals surface area contributed by atoms with E-state index in [1.54, 1.807) is 24.3 Å². The second-order valence-corrected chi connectivity index (χ2v) is 5.11. The van der Waals surface area contributed by atoms with Gasteiger partial charge in [0, 0.05) is 17.8 Å². The van der Waals surface area contributed by atoms with Gasteiger partial charge in [0.15, 0.2) is 5.78 Å². The Labute approximate surface area is 122 Å². The summed E-state index contributed by atoms with van der Waals surface area (Å²) in [5.41, 5.74) is 0.989. The number of carboxylic acid groups (broad SMARTS) is 1. The molecule has 0 aliphatic carbocycles. The number of carbonyl (C=O) groups is 3. The molecular weight excluding hydrogens is 272 g/mol. The number of likely N-dealkylation sites (tertiary alicyclic amines) is 1. The lowest BCUT2D eigenvalue weighted by molar-refractivity contribution is -0.143. The molecule has 0 saturated carbocycles. The zero-order valence-corrected chi connectivity index (χ0v) is 11.8. The summed E-state index contributed by atoms with van der Waals surface area (Å²) in [4.78, 5) is 36.1. The minimum absolute atomic E-state index is 0.0903. The highest BCUT2D eigenvalue weighted by Crippen LogP contribution is 2.19. The number of carbonyl (C=O) groups excluding carboxylic acids is 2. The number of Topliss-reactive ketones (excluding diaryl/α,β-unsaturated/α-hetero) is 1. The van der Waals surface area contributed by atoms with E-state index in [4.69, 9.17) is 0 Å². The Bertz CT molecular complexity index is 571. The molecule has 1 aliphatic rings. The van der Waals surface area contributed by atoms with Crippen molar-refractivity contribution >= 4 is 23.5 Å². The number of nitrogens with zero attached hydrogens (tertiary/aromatic N) is 1. The SMILES string of the molecule is CC(=O)c1cccc(NC(=O)N2CCCC[C@H]2C(=O)O)c1. The highest BCUT2D eigenvalue weighted by Gasteiger charge is 2.31. The second kappa shape index (κ2) is 6.39. The number of hydrogen-bond acceptors (Lipinski definition) is 3. The number of amides is 2. The largest absolute Gasteiger partial charge is 0.480 e. The lowest BCUT2D eigenvalue weighted by Gasteiger charge is -2.32. The smallest absolute Gasteiger partial charge is 0.326 e. The number of hydrogen-bond donors (Lipinski definition) is 2. The van der Waals surface area contributed by atoms with Crippen LogP contribution in [-0.4, -0.2) is 40.4 Å². The molecule has 0 spiro atoms. The molecule has 1 aromatic rings. The van der Waals surface area contributed by atoms with E-state index in [1.165, 1.54) is 11.8 Å². The first kappa shape index (κ1) is 15.0. The molecule has 1 atom stereocenters. The fourth-order valence-electron chi connectivity index (χ4n) is 2.44. The van der Waals surface area contributed by atoms with Gasteiger partial charge in [0.1, 0.15) is 6.04 Å². The zero-order valence-electron chi connectivity index (χ0n) is 11.8. The minimum atomic E-state index is -0.984. The van der Waals surface area contributed by atoms with Crippen LogP contribution in [-0.2, 0) is 4.79 Å².